The zero-order chi connectivity index (χ0) is 16.1. The van der Waals surface area contributed by atoms with Crippen LogP contribution in [0.5, 0.6) is 0 Å². The highest BCUT2D eigenvalue weighted by molar-refractivity contribution is 5.78. The molecule has 116 valence electrons. The van der Waals surface area contributed by atoms with Gasteiger partial charge in [0.25, 0.3) is 0 Å². The number of carbonyl (C=O) groups is 1. The summed E-state index contributed by atoms with van der Waals surface area (Å²) in [6.45, 7) is 2.54. The van der Waals surface area contributed by atoms with Crippen LogP contribution in [0.15, 0.2) is 67.3 Å². The van der Waals surface area contributed by atoms with Crippen molar-refractivity contribution in [3.05, 3.63) is 83.9 Å². The average molecular weight is 305 g/mol. The van der Waals surface area contributed by atoms with E-state index in [9.17, 15) is 4.79 Å². The van der Waals surface area contributed by atoms with Crippen molar-refractivity contribution in [2.24, 2.45) is 0 Å². The molecular formula is C19H19N3O. The van der Waals surface area contributed by atoms with Gasteiger partial charge in [-0.05, 0) is 24.1 Å². The maximum absolute atomic E-state index is 12.1. The second kappa shape index (κ2) is 6.92. The Balaban J connectivity index is 1.64. The molecule has 0 atom stereocenters. The lowest BCUT2D eigenvalue weighted by Gasteiger charge is -2.11. The number of nitrogens with one attached hydrogen (secondary N) is 1. The Morgan fingerprint density at radius 1 is 1.13 bits per heavy atom. The number of amides is 1. The molecule has 4 heteroatoms. The Hall–Kier alpha value is -2.88. The number of carbonyl (C=O) groups excluding carboxylic acids is 1. The Morgan fingerprint density at radius 3 is 2.65 bits per heavy atom. The summed E-state index contributed by atoms with van der Waals surface area (Å²) in [5.74, 6) is 0.0225. The van der Waals surface area contributed by atoms with Gasteiger partial charge in [-0.3, -0.25) is 4.79 Å². The van der Waals surface area contributed by atoms with Gasteiger partial charge in [0, 0.05) is 18.9 Å². The van der Waals surface area contributed by atoms with E-state index in [0.29, 0.717) is 13.0 Å². The van der Waals surface area contributed by atoms with E-state index < -0.39 is 0 Å². The van der Waals surface area contributed by atoms with Crippen molar-refractivity contribution >= 4 is 5.91 Å². The third-order valence-corrected chi connectivity index (χ3v) is 3.74. The maximum atomic E-state index is 12.1. The van der Waals surface area contributed by atoms with Crippen LogP contribution in [-0.2, 0) is 17.8 Å². The zero-order valence-corrected chi connectivity index (χ0v) is 13.1. The minimum absolute atomic E-state index is 0.0225. The largest absolute Gasteiger partial charge is 0.352 e. The molecular weight excluding hydrogens is 286 g/mol. The molecule has 1 aromatic heterocycles. The molecule has 0 saturated heterocycles. The second-order valence-electron chi connectivity index (χ2n) is 5.54. The van der Waals surface area contributed by atoms with Gasteiger partial charge < -0.3 is 9.88 Å². The van der Waals surface area contributed by atoms with E-state index in [0.717, 1.165) is 16.8 Å². The molecule has 0 radical (unpaired) electrons. The summed E-state index contributed by atoms with van der Waals surface area (Å²) in [5.41, 5.74) is 4.31. The van der Waals surface area contributed by atoms with Crippen molar-refractivity contribution in [3.8, 4) is 5.69 Å². The lowest BCUT2D eigenvalue weighted by Crippen LogP contribution is -2.25. The van der Waals surface area contributed by atoms with Crippen LogP contribution < -0.4 is 5.32 Å². The van der Waals surface area contributed by atoms with Crippen LogP contribution in [0.25, 0.3) is 5.69 Å². The molecule has 0 unspecified atom stereocenters. The number of aromatic nitrogens is 2. The second-order valence-corrected chi connectivity index (χ2v) is 5.54. The molecule has 0 aliphatic rings. The van der Waals surface area contributed by atoms with Crippen molar-refractivity contribution in [3.63, 3.8) is 0 Å². The van der Waals surface area contributed by atoms with E-state index in [1.165, 1.54) is 5.56 Å². The van der Waals surface area contributed by atoms with E-state index in [1.54, 1.807) is 12.5 Å². The van der Waals surface area contributed by atoms with Crippen LogP contribution >= 0.6 is 0 Å². The van der Waals surface area contributed by atoms with Crippen molar-refractivity contribution in [1.82, 2.24) is 14.9 Å². The summed E-state index contributed by atoms with van der Waals surface area (Å²) in [6.07, 6.45) is 5.79. The van der Waals surface area contributed by atoms with Crippen LogP contribution in [0.4, 0.5) is 0 Å². The fraction of sp³-hybridized carbons (Fsp3) is 0.158. The monoisotopic (exact) mass is 305 g/mol. The molecule has 2 aromatic carbocycles. The Bertz CT molecular complexity index is 777. The van der Waals surface area contributed by atoms with Crippen molar-refractivity contribution in [1.29, 1.82) is 0 Å². The first-order valence-electron chi connectivity index (χ1n) is 7.61. The minimum Gasteiger partial charge on any atom is -0.352 e. The summed E-state index contributed by atoms with van der Waals surface area (Å²) >= 11 is 0. The number of nitrogens with zero attached hydrogens (tertiary/aromatic N) is 2. The van der Waals surface area contributed by atoms with E-state index in [2.05, 4.69) is 10.3 Å². The fourth-order valence-corrected chi connectivity index (χ4v) is 2.46. The molecule has 3 aromatic rings. The highest BCUT2D eigenvalue weighted by Gasteiger charge is 2.07. The molecule has 4 nitrogen and oxygen atoms in total. The average Bonchev–Trinajstić information content (AvgIpc) is 3.10. The maximum Gasteiger partial charge on any atom is 0.224 e. The number of rotatable bonds is 5. The number of hydrogen-bond donors (Lipinski definition) is 1. The Morgan fingerprint density at radius 2 is 1.91 bits per heavy atom. The van der Waals surface area contributed by atoms with Gasteiger partial charge in [-0.2, -0.15) is 0 Å². The lowest BCUT2D eigenvalue weighted by atomic mass is 10.1. The summed E-state index contributed by atoms with van der Waals surface area (Å²) in [4.78, 5) is 16.2. The van der Waals surface area contributed by atoms with Gasteiger partial charge in [-0.25, -0.2) is 4.98 Å². The molecule has 23 heavy (non-hydrogen) atoms. The Labute approximate surface area is 135 Å². The molecule has 3 rings (SSSR count). The summed E-state index contributed by atoms with van der Waals surface area (Å²) in [6, 6.07) is 16.0. The molecule has 1 N–H and O–H groups in total. The van der Waals surface area contributed by atoms with Crippen LogP contribution in [0.3, 0.4) is 0 Å². The molecule has 0 aliphatic heterocycles. The van der Waals surface area contributed by atoms with E-state index in [4.69, 9.17) is 0 Å². The molecule has 0 saturated carbocycles. The highest BCUT2D eigenvalue weighted by atomic mass is 16.1. The molecule has 0 aliphatic carbocycles. The summed E-state index contributed by atoms with van der Waals surface area (Å²) < 4.78 is 1.95. The smallest absolute Gasteiger partial charge is 0.224 e. The first-order chi connectivity index (χ1) is 11.2. The van der Waals surface area contributed by atoms with Gasteiger partial charge in [0.05, 0.1) is 18.4 Å². The fourth-order valence-electron chi connectivity index (χ4n) is 2.46. The SMILES string of the molecule is Cc1ccc(CC(=O)NCc2ccccc2-n2ccnc2)cc1. The Kier molecular flexibility index (Phi) is 4.52. The molecule has 0 fully saturated rings. The van der Waals surface area contributed by atoms with Crippen LogP contribution in [0.1, 0.15) is 16.7 Å². The number of hydrogen-bond acceptors (Lipinski definition) is 2. The van der Waals surface area contributed by atoms with Crippen LogP contribution in [-0.4, -0.2) is 15.5 Å². The third-order valence-electron chi connectivity index (χ3n) is 3.74. The predicted octanol–water partition coefficient (Wildman–Crippen LogP) is 3.04. The van der Waals surface area contributed by atoms with Crippen LogP contribution in [0, 0.1) is 6.92 Å². The van der Waals surface area contributed by atoms with E-state index in [1.807, 2.05) is 66.2 Å². The summed E-state index contributed by atoms with van der Waals surface area (Å²) in [5, 5.41) is 2.99. The normalized spacial score (nSPS) is 10.5. The van der Waals surface area contributed by atoms with Crippen molar-refractivity contribution in [2.45, 2.75) is 19.9 Å². The topological polar surface area (TPSA) is 46.9 Å². The van der Waals surface area contributed by atoms with Crippen LogP contribution in [0.2, 0.25) is 0 Å². The molecule has 1 heterocycles. The number of imidazole rings is 1. The molecule has 0 spiro atoms. The molecule has 0 bridgehead atoms. The van der Waals surface area contributed by atoms with Gasteiger partial charge in [-0.1, -0.05) is 48.0 Å². The zero-order valence-electron chi connectivity index (χ0n) is 13.1. The molecule has 1 amide bonds. The number of para-hydroxylation sites is 1. The van der Waals surface area contributed by atoms with E-state index in [-0.39, 0.29) is 5.91 Å². The van der Waals surface area contributed by atoms with Gasteiger partial charge in [0.1, 0.15) is 0 Å². The third kappa shape index (κ3) is 3.86. The van der Waals surface area contributed by atoms with Gasteiger partial charge >= 0.3 is 0 Å². The van der Waals surface area contributed by atoms with Gasteiger partial charge in [0.15, 0.2) is 0 Å². The minimum atomic E-state index is 0.0225. The van der Waals surface area contributed by atoms with Gasteiger partial charge in [0.2, 0.25) is 5.91 Å². The predicted molar refractivity (Wildman–Crippen MR) is 90.3 cm³/mol. The van der Waals surface area contributed by atoms with Crippen molar-refractivity contribution in [2.75, 3.05) is 0 Å². The van der Waals surface area contributed by atoms with Gasteiger partial charge in [-0.15, -0.1) is 0 Å². The van der Waals surface area contributed by atoms with E-state index >= 15 is 0 Å². The number of aryl methyl sites for hydroxylation is 1. The lowest BCUT2D eigenvalue weighted by molar-refractivity contribution is -0.120. The number of benzene rings is 2. The summed E-state index contributed by atoms with van der Waals surface area (Å²) in [7, 11) is 0. The standard InChI is InChI=1S/C19H19N3O/c1-15-6-8-16(9-7-15)12-19(23)21-13-17-4-2-3-5-18(17)22-11-10-20-14-22/h2-11,14H,12-13H2,1H3,(H,21,23). The first-order valence-corrected chi connectivity index (χ1v) is 7.61. The first kappa shape index (κ1) is 15.0. The van der Waals surface area contributed by atoms with Crippen molar-refractivity contribution < 1.29 is 4.79 Å². The quantitative estimate of drug-likeness (QED) is 0.787. The highest BCUT2D eigenvalue weighted by Crippen LogP contribution is 2.14.